The molecule has 0 fully saturated rings. The molecule has 0 radical (unpaired) electrons. The summed E-state index contributed by atoms with van der Waals surface area (Å²) in [5.74, 6) is -0.742. The zero-order valence-corrected chi connectivity index (χ0v) is 7.38. The highest BCUT2D eigenvalue weighted by Gasteiger charge is 1.96. The standard InChI is InChI=1S/C9H10O2.ClH/c10-9(11)7-6-8-4-2-1-3-5-8;/h1-5H,6-7H2,(H,10,11);1H. The first-order valence-electron chi connectivity index (χ1n) is 3.55. The number of hydrogen-bond acceptors (Lipinski definition) is 1. The van der Waals surface area contributed by atoms with Crippen molar-refractivity contribution in [2.75, 3.05) is 0 Å². The third kappa shape index (κ3) is 3.98. The highest BCUT2D eigenvalue weighted by molar-refractivity contribution is 5.85. The van der Waals surface area contributed by atoms with Crippen molar-refractivity contribution in [1.82, 2.24) is 0 Å². The van der Waals surface area contributed by atoms with Gasteiger partial charge in [-0.1, -0.05) is 30.3 Å². The van der Waals surface area contributed by atoms with E-state index in [-0.39, 0.29) is 18.8 Å². The molecule has 0 amide bonds. The van der Waals surface area contributed by atoms with Crippen molar-refractivity contribution in [3.63, 3.8) is 0 Å². The lowest BCUT2D eigenvalue weighted by Crippen LogP contribution is -1.96. The first kappa shape index (κ1) is 11.0. The molecule has 1 aromatic carbocycles. The summed E-state index contributed by atoms with van der Waals surface area (Å²) in [6.45, 7) is 0. The number of aryl methyl sites for hydroxylation is 1. The Morgan fingerprint density at radius 3 is 2.33 bits per heavy atom. The van der Waals surface area contributed by atoms with Crippen molar-refractivity contribution in [3.05, 3.63) is 35.9 Å². The number of aliphatic carboxylic acids is 1. The molecule has 66 valence electrons. The molecule has 0 heterocycles. The Balaban J connectivity index is 0.00000121. The Kier molecular flexibility index (Phi) is 5.13. The molecular weight excluding hydrogens is 176 g/mol. The molecule has 0 aliphatic heterocycles. The molecule has 0 spiro atoms. The largest absolute Gasteiger partial charge is 0.481 e. The minimum Gasteiger partial charge on any atom is -0.481 e. The van der Waals surface area contributed by atoms with Crippen molar-refractivity contribution in [2.45, 2.75) is 12.8 Å². The molecule has 1 aromatic rings. The normalized spacial score (nSPS) is 8.67. The van der Waals surface area contributed by atoms with E-state index >= 15 is 0 Å². The van der Waals surface area contributed by atoms with Crippen molar-refractivity contribution < 1.29 is 9.90 Å². The molecule has 0 aliphatic rings. The van der Waals surface area contributed by atoms with Gasteiger partial charge < -0.3 is 5.11 Å². The lowest BCUT2D eigenvalue weighted by molar-refractivity contribution is -0.136. The van der Waals surface area contributed by atoms with E-state index in [1.54, 1.807) is 0 Å². The third-order valence-electron chi connectivity index (χ3n) is 1.47. The second kappa shape index (κ2) is 5.61. The lowest BCUT2D eigenvalue weighted by Gasteiger charge is -1.95. The average molecular weight is 187 g/mol. The quantitative estimate of drug-likeness (QED) is 0.785. The summed E-state index contributed by atoms with van der Waals surface area (Å²) in [7, 11) is 0. The number of halogens is 1. The zero-order valence-electron chi connectivity index (χ0n) is 6.56. The highest BCUT2D eigenvalue weighted by Crippen LogP contribution is 2.01. The fourth-order valence-electron chi connectivity index (χ4n) is 0.896. The smallest absolute Gasteiger partial charge is 0.303 e. The Hall–Kier alpha value is -1.02. The van der Waals surface area contributed by atoms with Crippen molar-refractivity contribution in [3.8, 4) is 0 Å². The van der Waals surface area contributed by atoms with Gasteiger partial charge in [0.15, 0.2) is 0 Å². The van der Waals surface area contributed by atoms with Crippen molar-refractivity contribution in [1.29, 1.82) is 0 Å². The van der Waals surface area contributed by atoms with Crippen molar-refractivity contribution >= 4 is 18.4 Å². The lowest BCUT2D eigenvalue weighted by atomic mass is 10.1. The first-order chi connectivity index (χ1) is 5.29. The van der Waals surface area contributed by atoms with Gasteiger partial charge in [0.25, 0.3) is 0 Å². The number of hydrogen-bond donors (Lipinski definition) is 1. The Labute approximate surface area is 77.6 Å². The summed E-state index contributed by atoms with van der Waals surface area (Å²) in [4.78, 5) is 10.2. The predicted molar refractivity (Wildman–Crippen MR) is 49.6 cm³/mol. The number of carbonyl (C=O) groups is 1. The van der Waals surface area contributed by atoms with Gasteiger partial charge in [0.1, 0.15) is 0 Å². The molecular formula is C9H11ClO2. The van der Waals surface area contributed by atoms with Gasteiger partial charge in [-0.25, -0.2) is 0 Å². The monoisotopic (exact) mass is 186 g/mol. The first-order valence-corrected chi connectivity index (χ1v) is 3.55. The molecule has 2 nitrogen and oxygen atoms in total. The molecule has 0 atom stereocenters. The van der Waals surface area contributed by atoms with Gasteiger partial charge in [-0.05, 0) is 12.0 Å². The maximum Gasteiger partial charge on any atom is 0.303 e. The van der Waals surface area contributed by atoms with Crippen LogP contribution >= 0.6 is 12.4 Å². The van der Waals surface area contributed by atoms with Crippen molar-refractivity contribution in [2.24, 2.45) is 0 Å². The van der Waals surface area contributed by atoms with Crippen LogP contribution in [0.2, 0.25) is 0 Å². The minimum absolute atomic E-state index is 0. The van der Waals surface area contributed by atoms with Crippen LogP contribution in [-0.2, 0) is 11.2 Å². The number of rotatable bonds is 3. The molecule has 0 bridgehead atoms. The van der Waals surface area contributed by atoms with Crippen LogP contribution in [-0.4, -0.2) is 11.1 Å². The van der Waals surface area contributed by atoms with Gasteiger partial charge >= 0.3 is 5.97 Å². The summed E-state index contributed by atoms with van der Waals surface area (Å²) < 4.78 is 0. The van der Waals surface area contributed by atoms with E-state index in [4.69, 9.17) is 5.11 Å². The van der Waals surface area contributed by atoms with E-state index in [0.29, 0.717) is 6.42 Å². The molecule has 0 aliphatic carbocycles. The fraction of sp³-hybridized carbons (Fsp3) is 0.222. The van der Waals surface area contributed by atoms with Crippen LogP contribution in [0.5, 0.6) is 0 Å². The predicted octanol–water partition coefficient (Wildman–Crippen LogP) is 2.13. The summed E-state index contributed by atoms with van der Waals surface area (Å²) >= 11 is 0. The van der Waals surface area contributed by atoms with Gasteiger partial charge in [-0.2, -0.15) is 0 Å². The number of carboxylic acids is 1. The summed E-state index contributed by atoms with van der Waals surface area (Å²) in [5, 5.41) is 8.37. The summed E-state index contributed by atoms with van der Waals surface area (Å²) in [6.07, 6.45) is 0.834. The number of carboxylic acid groups (broad SMARTS) is 1. The molecule has 12 heavy (non-hydrogen) atoms. The van der Waals surface area contributed by atoms with E-state index in [1.807, 2.05) is 30.3 Å². The topological polar surface area (TPSA) is 37.3 Å². The highest BCUT2D eigenvalue weighted by atomic mass is 35.5. The molecule has 0 saturated carbocycles. The van der Waals surface area contributed by atoms with E-state index in [0.717, 1.165) is 5.56 Å². The maximum atomic E-state index is 10.2. The molecule has 0 saturated heterocycles. The van der Waals surface area contributed by atoms with Gasteiger partial charge in [-0.15, -0.1) is 12.4 Å². The zero-order chi connectivity index (χ0) is 8.10. The molecule has 1 rings (SSSR count). The van der Waals surface area contributed by atoms with E-state index < -0.39 is 5.97 Å². The third-order valence-corrected chi connectivity index (χ3v) is 1.47. The van der Waals surface area contributed by atoms with Crippen LogP contribution in [0.3, 0.4) is 0 Å². The van der Waals surface area contributed by atoms with E-state index in [1.165, 1.54) is 0 Å². The number of benzene rings is 1. The van der Waals surface area contributed by atoms with Crippen LogP contribution < -0.4 is 0 Å². The molecule has 0 unspecified atom stereocenters. The maximum absolute atomic E-state index is 10.2. The van der Waals surface area contributed by atoms with Crippen LogP contribution in [0.1, 0.15) is 12.0 Å². The Morgan fingerprint density at radius 1 is 1.25 bits per heavy atom. The van der Waals surface area contributed by atoms with E-state index in [2.05, 4.69) is 0 Å². The van der Waals surface area contributed by atoms with Gasteiger partial charge in [0.2, 0.25) is 0 Å². The van der Waals surface area contributed by atoms with Crippen LogP contribution in [0.15, 0.2) is 30.3 Å². The second-order valence-electron chi connectivity index (χ2n) is 2.38. The Morgan fingerprint density at radius 2 is 1.83 bits per heavy atom. The van der Waals surface area contributed by atoms with Gasteiger partial charge in [0, 0.05) is 6.42 Å². The molecule has 1 N–H and O–H groups in total. The minimum atomic E-state index is -0.742. The molecule has 3 heteroatoms. The van der Waals surface area contributed by atoms with Crippen LogP contribution in [0.4, 0.5) is 0 Å². The molecule has 0 aromatic heterocycles. The average Bonchev–Trinajstić information content (AvgIpc) is 2.03. The second-order valence-corrected chi connectivity index (χ2v) is 2.38. The van der Waals surface area contributed by atoms with Crippen LogP contribution in [0, 0.1) is 0 Å². The van der Waals surface area contributed by atoms with Crippen LogP contribution in [0.25, 0.3) is 0 Å². The Bertz CT molecular complexity index is 234. The van der Waals surface area contributed by atoms with Gasteiger partial charge in [0.05, 0.1) is 0 Å². The SMILES string of the molecule is Cl.O=C(O)CCc1ccccc1. The van der Waals surface area contributed by atoms with E-state index in [9.17, 15) is 4.79 Å². The summed E-state index contributed by atoms with van der Waals surface area (Å²) in [5.41, 5.74) is 1.08. The van der Waals surface area contributed by atoms with Gasteiger partial charge in [-0.3, -0.25) is 4.79 Å². The fourth-order valence-corrected chi connectivity index (χ4v) is 0.896. The summed E-state index contributed by atoms with van der Waals surface area (Å²) in [6, 6.07) is 9.62.